The molecule has 0 spiro atoms. The van der Waals surface area contributed by atoms with E-state index in [1.54, 1.807) is 12.1 Å². The number of hydrogen-bond donors (Lipinski definition) is 2. The highest BCUT2D eigenvalue weighted by Crippen LogP contribution is 2.23. The Morgan fingerprint density at radius 2 is 1.85 bits per heavy atom. The molecule has 0 aliphatic heterocycles. The molecule has 6 heteroatoms. The van der Waals surface area contributed by atoms with Gasteiger partial charge in [-0.3, -0.25) is 4.79 Å². The summed E-state index contributed by atoms with van der Waals surface area (Å²) in [6.07, 6.45) is 0. The van der Waals surface area contributed by atoms with Crippen molar-refractivity contribution in [2.75, 3.05) is 5.32 Å². The number of thiocarbonyl (C=S) groups is 1. The van der Waals surface area contributed by atoms with Crippen LogP contribution in [-0.4, -0.2) is 10.9 Å². The summed E-state index contributed by atoms with van der Waals surface area (Å²) in [5.74, 6) is -0.708. The lowest BCUT2D eigenvalue weighted by Crippen LogP contribution is -2.20. The van der Waals surface area contributed by atoms with Crippen LogP contribution < -0.4 is 11.1 Å². The van der Waals surface area contributed by atoms with Crippen LogP contribution in [0.5, 0.6) is 0 Å². The molecule has 0 heterocycles. The normalized spacial score (nSPS) is 10.1. The van der Waals surface area contributed by atoms with E-state index in [1.807, 2.05) is 0 Å². The average Bonchev–Trinajstić information content (AvgIpc) is 2.40. The predicted molar refractivity (Wildman–Crippen MR) is 81.7 cm³/mol. The molecule has 2 aromatic rings. The summed E-state index contributed by atoms with van der Waals surface area (Å²) >= 11 is 10.7. The lowest BCUT2D eigenvalue weighted by Gasteiger charge is -2.10. The molecule has 3 nitrogen and oxygen atoms in total. The molecule has 3 N–H and O–H groups in total. The van der Waals surface area contributed by atoms with Crippen molar-refractivity contribution in [3.63, 3.8) is 0 Å². The third-order valence-corrected chi connectivity index (χ3v) is 2.93. The summed E-state index contributed by atoms with van der Waals surface area (Å²) in [5, 5.41) is 3.17. The van der Waals surface area contributed by atoms with Crippen molar-refractivity contribution in [1.29, 1.82) is 0 Å². The topological polar surface area (TPSA) is 55.1 Å². The largest absolute Gasteiger partial charge is 0.376 e. The Hall–Kier alpha value is -1.98. The summed E-state index contributed by atoms with van der Waals surface area (Å²) in [6.45, 7) is 0. The van der Waals surface area contributed by atoms with Crippen LogP contribution in [0.1, 0.15) is 15.9 Å². The molecule has 102 valence electrons. The SMILES string of the molecule is NC(=S)Nc1ccc(Cl)cc1C(=O)c1ccc(F)cc1. The number of benzene rings is 2. The van der Waals surface area contributed by atoms with Gasteiger partial charge >= 0.3 is 0 Å². The van der Waals surface area contributed by atoms with Crippen molar-refractivity contribution < 1.29 is 9.18 Å². The van der Waals surface area contributed by atoms with Gasteiger partial charge in [-0.25, -0.2) is 4.39 Å². The molecule has 2 aromatic carbocycles. The number of nitrogens with two attached hydrogens (primary N) is 1. The maximum atomic E-state index is 12.9. The summed E-state index contributed by atoms with van der Waals surface area (Å²) in [5.41, 5.74) is 6.53. The standard InChI is InChI=1S/C14H10ClFN2OS/c15-9-3-6-12(18-14(17)20)11(7-9)13(19)8-1-4-10(16)5-2-8/h1-7H,(H3,17,18,20). The lowest BCUT2D eigenvalue weighted by molar-refractivity contribution is 0.103. The number of halogens is 2. The van der Waals surface area contributed by atoms with E-state index in [4.69, 9.17) is 29.6 Å². The monoisotopic (exact) mass is 308 g/mol. The molecule has 2 rings (SSSR count). The molecular weight excluding hydrogens is 299 g/mol. The first-order valence-corrected chi connectivity index (χ1v) is 6.42. The average molecular weight is 309 g/mol. The van der Waals surface area contributed by atoms with Gasteiger partial charge < -0.3 is 11.1 Å². The van der Waals surface area contributed by atoms with Crippen LogP contribution in [0.3, 0.4) is 0 Å². The zero-order chi connectivity index (χ0) is 14.7. The van der Waals surface area contributed by atoms with E-state index >= 15 is 0 Å². The van der Waals surface area contributed by atoms with Crippen LogP contribution in [-0.2, 0) is 0 Å². The zero-order valence-electron chi connectivity index (χ0n) is 10.2. The van der Waals surface area contributed by atoms with Gasteiger partial charge in [0.2, 0.25) is 0 Å². The van der Waals surface area contributed by atoms with Crippen LogP contribution in [0.2, 0.25) is 5.02 Å². The number of carbonyl (C=O) groups is 1. The van der Waals surface area contributed by atoms with Crippen molar-refractivity contribution in [2.24, 2.45) is 5.73 Å². The zero-order valence-corrected chi connectivity index (χ0v) is 11.8. The molecule has 0 aliphatic carbocycles. The highest BCUT2D eigenvalue weighted by Gasteiger charge is 2.15. The second-order valence-corrected chi connectivity index (χ2v) is 4.89. The fourth-order valence-electron chi connectivity index (χ4n) is 1.70. The first-order valence-electron chi connectivity index (χ1n) is 5.63. The summed E-state index contributed by atoms with van der Waals surface area (Å²) in [4.78, 5) is 12.4. The van der Waals surface area contributed by atoms with Gasteiger partial charge in [0.25, 0.3) is 0 Å². The van der Waals surface area contributed by atoms with Gasteiger partial charge in [0.1, 0.15) is 5.82 Å². The Kier molecular flexibility index (Phi) is 4.32. The minimum atomic E-state index is -0.408. The summed E-state index contributed by atoms with van der Waals surface area (Å²) in [7, 11) is 0. The third kappa shape index (κ3) is 3.31. The maximum Gasteiger partial charge on any atom is 0.195 e. The van der Waals surface area contributed by atoms with Crippen molar-refractivity contribution in [2.45, 2.75) is 0 Å². The lowest BCUT2D eigenvalue weighted by atomic mass is 10.0. The Balaban J connectivity index is 2.44. The fourth-order valence-corrected chi connectivity index (χ4v) is 1.98. The molecular formula is C14H10ClFN2OS. The highest BCUT2D eigenvalue weighted by atomic mass is 35.5. The molecule has 0 saturated heterocycles. The Morgan fingerprint density at radius 3 is 2.45 bits per heavy atom. The molecule has 0 atom stereocenters. The minimum Gasteiger partial charge on any atom is -0.376 e. The van der Waals surface area contributed by atoms with E-state index in [0.717, 1.165) is 0 Å². The van der Waals surface area contributed by atoms with Crippen LogP contribution in [0, 0.1) is 5.82 Å². The number of rotatable bonds is 3. The molecule has 0 radical (unpaired) electrons. The second-order valence-electron chi connectivity index (χ2n) is 4.02. The molecule has 0 saturated carbocycles. The number of ketones is 1. The number of hydrogen-bond acceptors (Lipinski definition) is 2. The summed E-state index contributed by atoms with van der Waals surface area (Å²) < 4.78 is 12.9. The van der Waals surface area contributed by atoms with Gasteiger partial charge in [0, 0.05) is 16.1 Å². The van der Waals surface area contributed by atoms with Crippen molar-refractivity contribution in [1.82, 2.24) is 0 Å². The van der Waals surface area contributed by atoms with E-state index in [2.05, 4.69) is 5.32 Å². The third-order valence-electron chi connectivity index (χ3n) is 2.59. The maximum absolute atomic E-state index is 12.9. The van der Waals surface area contributed by atoms with Gasteiger partial charge in [-0.2, -0.15) is 0 Å². The van der Waals surface area contributed by atoms with Gasteiger partial charge in [-0.1, -0.05) is 11.6 Å². The molecule has 0 aliphatic rings. The van der Waals surface area contributed by atoms with Crippen LogP contribution in [0.4, 0.5) is 10.1 Å². The van der Waals surface area contributed by atoms with E-state index < -0.39 is 5.82 Å². The highest BCUT2D eigenvalue weighted by molar-refractivity contribution is 7.80. The van der Waals surface area contributed by atoms with E-state index in [1.165, 1.54) is 30.3 Å². The van der Waals surface area contributed by atoms with E-state index in [9.17, 15) is 9.18 Å². The second kappa shape index (κ2) is 5.98. The first-order chi connectivity index (χ1) is 9.47. The molecule has 0 aromatic heterocycles. The Labute approximate surface area is 125 Å². The first kappa shape index (κ1) is 14.4. The van der Waals surface area contributed by atoms with Crippen LogP contribution >= 0.6 is 23.8 Å². The molecule has 0 amide bonds. The number of nitrogens with one attached hydrogen (secondary N) is 1. The Bertz CT molecular complexity index is 673. The Morgan fingerprint density at radius 1 is 1.20 bits per heavy atom. The summed E-state index contributed by atoms with van der Waals surface area (Å²) in [6, 6.07) is 9.98. The van der Waals surface area contributed by atoms with Gasteiger partial charge in [-0.05, 0) is 54.7 Å². The van der Waals surface area contributed by atoms with Crippen molar-refractivity contribution in [3.05, 3.63) is 64.4 Å². The van der Waals surface area contributed by atoms with Crippen molar-refractivity contribution >= 4 is 40.4 Å². The van der Waals surface area contributed by atoms with Gasteiger partial charge in [0.05, 0.1) is 5.69 Å². The predicted octanol–water partition coefficient (Wildman–Crippen LogP) is 3.37. The number of carbonyl (C=O) groups excluding carboxylic acids is 1. The number of anilines is 1. The molecule has 0 fully saturated rings. The molecule has 20 heavy (non-hydrogen) atoms. The van der Waals surface area contributed by atoms with Crippen LogP contribution in [0.25, 0.3) is 0 Å². The molecule has 0 unspecified atom stereocenters. The molecule has 0 bridgehead atoms. The van der Waals surface area contributed by atoms with Crippen LogP contribution in [0.15, 0.2) is 42.5 Å². The van der Waals surface area contributed by atoms with Crippen molar-refractivity contribution in [3.8, 4) is 0 Å². The van der Waals surface area contributed by atoms with E-state index in [0.29, 0.717) is 21.8 Å². The minimum absolute atomic E-state index is 0.0421. The smallest absolute Gasteiger partial charge is 0.195 e. The fraction of sp³-hybridized carbons (Fsp3) is 0. The van der Waals surface area contributed by atoms with Gasteiger partial charge in [0.15, 0.2) is 10.9 Å². The van der Waals surface area contributed by atoms with Gasteiger partial charge in [-0.15, -0.1) is 0 Å². The quantitative estimate of drug-likeness (QED) is 0.674. The van der Waals surface area contributed by atoms with E-state index in [-0.39, 0.29) is 10.9 Å².